The number of piperidine rings is 1. The van der Waals surface area contributed by atoms with Crippen LogP contribution >= 0.6 is 0 Å². The standard InChI is InChI=1S/C23H24F3N5O4/c1-2-19(32)29-9-4-7-16(12-29)31-18-13-30(22(34)35)10-8-17(18)27-21(31)28-20(33)14-5-3-6-15(11-14)23(24,25)26/h2-3,5-6,11,16H,1,4,7-10,12-13H2,(H,34,35)(H,27,28,33). The number of hydrogen-bond donors (Lipinski definition) is 2. The van der Waals surface area contributed by atoms with Gasteiger partial charge in [-0.05, 0) is 37.1 Å². The predicted molar refractivity (Wildman–Crippen MR) is 119 cm³/mol. The molecule has 3 amide bonds. The van der Waals surface area contributed by atoms with Gasteiger partial charge in [0.05, 0.1) is 29.5 Å². The van der Waals surface area contributed by atoms with E-state index in [4.69, 9.17) is 0 Å². The maximum Gasteiger partial charge on any atom is 0.416 e. The van der Waals surface area contributed by atoms with E-state index in [1.807, 2.05) is 0 Å². The van der Waals surface area contributed by atoms with E-state index in [1.54, 1.807) is 9.47 Å². The van der Waals surface area contributed by atoms with Crippen LogP contribution in [0.25, 0.3) is 0 Å². The second-order valence-electron chi connectivity index (χ2n) is 8.47. The predicted octanol–water partition coefficient (Wildman–Crippen LogP) is 3.54. The molecule has 35 heavy (non-hydrogen) atoms. The minimum Gasteiger partial charge on any atom is -0.465 e. The van der Waals surface area contributed by atoms with Crippen LogP contribution in [-0.4, -0.2) is 62.0 Å². The lowest BCUT2D eigenvalue weighted by Gasteiger charge is -2.35. The maximum absolute atomic E-state index is 13.1. The molecule has 4 rings (SSSR count). The normalized spacial score (nSPS) is 18.1. The number of carboxylic acid groups (broad SMARTS) is 1. The highest BCUT2D eigenvalue weighted by Crippen LogP contribution is 2.33. The molecule has 0 spiro atoms. The van der Waals surface area contributed by atoms with Gasteiger partial charge in [0.1, 0.15) is 0 Å². The molecule has 1 saturated heterocycles. The molecule has 0 bridgehead atoms. The third kappa shape index (κ3) is 5.00. The van der Waals surface area contributed by atoms with Gasteiger partial charge in [-0.1, -0.05) is 12.6 Å². The van der Waals surface area contributed by atoms with E-state index in [0.717, 1.165) is 18.2 Å². The van der Waals surface area contributed by atoms with Crippen molar-refractivity contribution in [1.82, 2.24) is 19.4 Å². The van der Waals surface area contributed by atoms with Crippen LogP contribution in [0.2, 0.25) is 0 Å². The molecule has 0 radical (unpaired) electrons. The molecule has 0 aliphatic carbocycles. The van der Waals surface area contributed by atoms with Crippen molar-refractivity contribution >= 4 is 23.9 Å². The summed E-state index contributed by atoms with van der Waals surface area (Å²) in [6.07, 6.45) is -2.84. The van der Waals surface area contributed by atoms with Gasteiger partial charge < -0.3 is 19.5 Å². The Balaban J connectivity index is 1.69. The fourth-order valence-electron chi connectivity index (χ4n) is 4.53. The second-order valence-corrected chi connectivity index (χ2v) is 8.47. The summed E-state index contributed by atoms with van der Waals surface area (Å²) in [7, 11) is 0. The molecular weight excluding hydrogens is 467 g/mol. The van der Waals surface area contributed by atoms with E-state index in [9.17, 15) is 32.7 Å². The molecule has 1 atom stereocenters. The van der Waals surface area contributed by atoms with Crippen molar-refractivity contribution in [3.63, 3.8) is 0 Å². The number of hydrogen-bond acceptors (Lipinski definition) is 4. The Bertz CT molecular complexity index is 1180. The van der Waals surface area contributed by atoms with Gasteiger partial charge in [-0.3, -0.25) is 14.9 Å². The Kier molecular flexibility index (Phi) is 6.55. The van der Waals surface area contributed by atoms with Gasteiger partial charge in [-0.2, -0.15) is 13.2 Å². The molecule has 3 heterocycles. The first-order valence-corrected chi connectivity index (χ1v) is 11.1. The monoisotopic (exact) mass is 491 g/mol. The zero-order valence-corrected chi connectivity index (χ0v) is 18.7. The van der Waals surface area contributed by atoms with E-state index in [-0.39, 0.29) is 36.6 Å². The highest BCUT2D eigenvalue weighted by molar-refractivity contribution is 6.03. The van der Waals surface area contributed by atoms with Crippen molar-refractivity contribution < 1.29 is 32.7 Å². The SMILES string of the molecule is C=CC(=O)N1CCCC(n2c(NC(=O)c3cccc(C(F)(F)F)c3)nc3c2CN(C(=O)O)CC3)C1. The number of rotatable bonds is 4. The molecule has 1 fully saturated rings. The number of nitrogens with zero attached hydrogens (tertiary/aromatic N) is 4. The molecule has 2 aromatic rings. The molecule has 9 nitrogen and oxygen atoms in total. The quantitative estimate of drug-likeness (QED) is 0.637. The van der Waals surface area contributed by atoms with Gasteiger partial charge in [0, 0.05) is 31.6 Å². The van der Waals surface area contributed by atoms with Crippen LogP contribution in [0, 0.1) is 0 Å². The number of likely N-dealkylation sites (tertiary alicyclic amines) is 1. The van der Waals surface area contributed by atoms with Gasteiger partial charge in [0.15, 0.2) is 0 Å². The van der Waals surface area contributed by atoms with E-state index < -0.39 is 23.7 Å². The summed E-state index contributed by atoms with van der Waals surface area (Å²) >= 11 is 0. The van der Waals surface area contributed by atoms with Crippen LogP contribution in [0.1, 0.15) is 46.2 Å². The number of carbonyl (C=O) groups excluding carboxylic acids is 2. The van der Waals surface area contributed by atoms with Crippen molar-refractivity contribution in [2.24, 2.45) is 0 Å². The molecule has 0 saturated carbocycles. The summed E-state index contributed by atoms with van der Waals surface area (Å²) in [5.74, 6) is -0.905. The summed E-state index contributed by atoms with van der Waals surface area (Å²) in [4.78, 5) is 44.1. The Hall–Kier alpha value is -3.83. The number of alkyl halides is 3. The number of anilines is 1. The summed E-state index contributed by atoms with van der Waals surface area (Å²) in [6.45, 7) is 4.62. The fourth-order valence-corrected chi connectivity index (χ4v) is 4.53. The summed E-state index contributed by atoms with van der Waals surface area (Å²) in [5.41, 5.74) is 0.0623. The van der Waals surface area contributed by atoms with E-state index in [2.05, 4.69) is 16.9 Å². The first-order valence-electron chi connectivity index (χ1n) is 11.1. The highest BCUT2D eigenvalue weighted by atomic mass is 19.4. The van der Waals surface area contributed by atoms with Gasteiger partial charge in [0.2, 0.25) is 11.9 Å². The first-order chi connectivity index (χ1) is 16.6. The van der Waals surface area contributed by atoms with Gasteiger partial charge in [-0.15, -0.1) is 0 Å². The molecule has 12 heteroatoms. The first kappa shape index (κ1) is 24.3. The number of halogens is 3. The Morgan fingerprint density at radius 3 is 2.66 bits per heavy atom. The van der Waals surface area contributed by atoms with Crippen LogP contribution in [0.3, 0.4) is 0 Å². The van der Waals surface area contributed by atoms with E-state index >= 15 is 0 Å². The third-order valence-electron chi connectivity index (χ3n) is 6.25. The van der Waals surface area contributed by atoms with Gasteiger partial charge >= 0.3 is 12.3 Å². The minimum absolute atomic E-state index is 0.0446. The number of benzene rings is 1. The van der Waals surface area contributed by atoms with Crippen molar-refractivity contribution in [2.75, 3.05) is 25.0 Å². The third-order valence-corrected chi connectivity index (χ3v) is 6.25. The number of amides is 3. The molecule has 2 aliphatic rings. The number of fused-ring (bicyclic) bond motifs is 1. The molecule has 1 aromatic heterocycles. The summed E-state index contributed by atoms with van der Waals surface area (Å²) in [5, 5.41) is 12.1. The van der Waals surface area contributed by atoms with E-state index in [0.29, 0.717) is 43.7 Å². The number of imidazole rings is 1. The Morgan fingerprint density at radius 2 is 1.97 bits per heavy atom. The maximum atomic E-state index is 13.1. The summed E-state index contributed by atoms with van der Waals surface area (Å²) in [6, 6.07) is 3.76. The van der Waals surface area contributed by atoms with Crippen LogP contribution in [0.4, 0.5) is 23.9 Å². The van der Waals surface area contributed by atoms with Crippen LogP contribution in [0.15, 0.2) is 36.9 Å². The zero-order chi connectivity index (χ0) is 25.3. The van der Waals surface area contributed by atoms with Crippen molar-refractivity contribution in [3.05, 3.63) is 59.4 Å². The van der Waals surface area contributed by atoms with Crippen LogP contribution in [-0.2, 0) is 23.9 Å². The Labute approximate surface area is 198 Å². The molecule has 2 N–H and O–H groups in total. The lowest BCUT2D eigenvalue weighted by atomic mass is 10.0. The number of nitrogens with one attached hydrogen (secondary N) is 1. The van der Waals surface area contributed by atoms with Crippen molar-refractivity contribution in [3.8, 4) is 0 Å². The second kappa shape index (κ2) is 9.43. The molecular formula is C23H24F3N5O4. The Morgan fingerprint density at radius 1 is 1.20 bits per heavy atom. The number of carbonyl (C=O) groups is 3. The average molecular weight is 491 g/mol. The molecule has 1 unspecified atom stereocenters. The van der Waals surface area contributed by atoms with Crippen molar-refractivity contribution in [1.29, 1.82) is 0 Å². The number of aromatic nitrogens is 2. The van der Waals surface area contributed by atoms with Crippen LogP contribution in [0.5, 0.6) is 0 Å². The lowest BCUT2D eigenvalue weighted by Crippen LogP contribution is -2.41. The average Bonchev–Trinajstić information content (AvgIpc) is 3.20. The molecule has 2 aliphatic heterocycles. The minimum atomic E-state index is -4.60. The fraction of sp³-hybridized carbons (Fsp3) is 0.391. The summed E-state index contributed by atoms with van der Waals surface area (Å²) < 4.78 is 41.1. The highest BCUT2D eigenvalue weighted by Gasteiger charge is 2.34. The molecule has 186 valence electrons. The van der Waals surface area contributed by atoms with Gasteiger partial charge in [-0.25, -0.2) is 9.78 Å². The smallest absolute Gasteiger partial charge is 0.416 e. The largest absolute Gasteiger partial charge is 0.465 e. The zero-order valence-electron chi connectivity index (χ0n) is 18.7. The lowest BCUT2D eigenvalue weighted by molar-refractivity contribution is -0.137. The topological polar surface area (TPSA) is 108 Å². The van der Waals surface area contributed by atoms with Gasteiger partial charge in [0.25, 0.3) is 5.91 Å². The van der Waals surface area contributed by atoms with E-state index in [1.165, 1.54) is 17.0 Å². The van der Waals surface area contributed by atoms with Crippen molar-refractivity contribution in [2.45, 2.75) is 38.0 Å². The van der Waals surface area contributed by atoms with Crippen LogP contribution < -0.4 is 5.32 Å². The molecule has 1 aromatic carbocycles.